The van der Waals surface area contributed by atoms with Gasteiger partial charge in [0.1, 0.15) is 11.6 Å². The first-order valence-corrected chi connectivity index (χ1v) is 6.38. The summed E-state index contributed by atoms with van der Waals surface area (Å²) in [7, 11) is 0. The molecule has 0 radical (unpaired) electrons. The molecule has 2 rings (SSSR count). The van der Waals surface area contributed by atoms with Crippen molar-refractivity contribution in [3.05, 3.63) is 35.4 Å². The van der Waals surface area contributed by atoms with Crippen LogP contribution >= 0.6 is 0 Å². The maximum Gasteiger partial charge on any atom is 0.167 e. The summed E-state index contributed by atoms with van der Waals surface area (Å²) in [6, 6.07) is 3.09. The van der Waals surface area contributed by atoms with E-state index in [2.05, 4.69) is 5.32 Å². The highest BCUT2D eigenvalue weighted by molar-refractivity contribution is 5.96. The van der Waals surface area contributed by atoms with Gasteiger partial charge in [-0.1, -0.05) is 12.8 Å². The van der Waals surface area contributed by atoms with Crippen molar-refractivity contribution in [1.29, 1.82) is 0 Å². The Bertz CT molecular complexity index is 426. The Hall–Kier alpha value is -1.29. The summed E-state index contributed by atoms with van der Waals surface area (Å²) in [5.74, 6) is -1.55. The number of hydrogen-bond donors (Lipinski definition) is 1. The molecule has 1 aliphatic heterocycles. The zero-order valence-corrected chi connectivity index (χ0v) is 10.2. The summed E-state index contributed by atoms with van der Waals surface area (Å²) in [5, 5.41) is 3.28. The summed E-state index contributed by atoms with van der Waals surface area (Å²) < 4.78 is 26.5. The lowest BCUT2D eigenvalue weighted by Crippen LogP contribution is -2.30. The molecule has 98 valence electrons. The molecule has 1 N–H and O–H groups in total. The van der Waals surface area contributed by atoms with Crippen LogP contribution in [-0.4, -0.2) is 18.4 Å². The maximum atomic E-state index is 13.4. The predicted molar refractivity (Wildman–Crippen MR) is 65.6 cm³/mol. The van der Waals surface area contributed by atoms with E-state index in [0.29, 0.717) is 0 Å². The Balaban J connectivity index is 2.04. The SMILES string of the molecule is O=C(CC1CCCCCN1)c1cc(F)ccc1F. The number of halogens is 2. The van der Waals surface area contributed by atoms with Gasteiger partial charge in [-0.25, -0.2) is 8.78 Å². The average molecular weight is 253 g/mol. The van der Waals surface area contributed by atoms with Gasteiger partial charge < -0.3 is 5.32 Å². The third kappa shape index (κ3) is 3.35. The van der Waals surface area contributed by atoms with Crippen LogP contribution in [0.1, 0.15) is 42.5 Å². The molecule has 0 amide bonds. The van der Waals surface area contributed by atoms with Crippen LogP contribution < -0.4 is 5.32 Å². The maximum absolute atomic E-state index is 13.4. The average Bonchev–Trinajstić information content (AvgIpc) is 2.61. The minimum Gasteiger partial charge on any atom is -0.314 e. The summed E-state index contributed by atoms with van der Waals surface area (Å²) >= 11 is 0. The Labute approximate surface area is 105 Å². The highest BCUT2D eigenvalue weighted by Gasteiger charge is 2.19. The molecule has 0 spiro atoms. The number of rotatable bonds is 3. The van der Waals surface area contributed by atoms with Crippen LogP contribution in [0.2, 0.25) is 0 Å². The van der Waals surface area contributed by atoms with E-state index in [9.17, 15) is 13.6 Å². The normalized spacial score (nSPS) is 20.4. The number of hydrogen-bond acceptors (Lipinski definition) is 2. The molecule has 1 fully saturated rings. The van der Waals surface area contributed by atoms with Crippen LogP contribution in [0.3, 0.4) is 0 Å². The summed E-state index contributed by atoms with van der Waals surface area (Å²) in [5.41, 5.74) is -0.138. The van der Waals surface area contributed by atoms with Crippen LogP contribution in [-0.2, 0) is 0 Å². The van der Waals surface area contributed by atoms with Gasteiger partial charge in [-0.2, -0.15) is 0 Å². The summed E-state index contributed by atoms with van der Waals surface area (Å²) in [6.45, 7) is 0.892. The second-order valence-electron chi connectivity index (χ2n) is 4.75. The first kappa shape index (κ1) is 13.1. The van der Waals surface area contributed by atoms with E-state index < -0.39 is 11.6 Å². The van der Waals surface area contributed by atoms with E-state index in [1.807, 2.05) is 0 Å². The molecule has 1 heterocycles. The van der Waals surface area contributed by atoms with Crippen LogP contribution in [0.15, 0.2) is 18.2 Å². The molecule has 1 aliphatic rings. The van der Waals surface area contributed by atoms with E-state index in [0.717, 1.165) is 50.4 Å². The Morgan fingerprint density at radius 1 is 1.28 bits per heavy atom. The molecule has 1 aromatic rings. The number of ketones is 1. The van der Waals surface area contributed by atoms with Crippen LogP contribution in [0, 0.1) is 11.6 Å². The predicted octanol–water partition coefficient (Wildman–Crippen LogP) is 3.07. The van der Waals surface area contributed by atoms with E-state index in [1.165, 1.54) is 0 Å². The fourth-order valence-electron chi connectivity index (χ4n) is 2.32. The molecular weight excluding hydrogens is 236 g/mol. The van der Waals surface area contributed by atoms with Gasteiger partial charge in [-0.3, -0.25) is 4.79 Å². The smallest absolute Gasteiger partial charge is 0.167 e. The molecule has 1 unspecified atom stereocenters. The molecule has 4 heteroatoms. The lowest BCUT2D eigenvalue weighted by molar-refractivity contribution is 0.0963. The Kier molecular flexibility index (Phi) is 4.42. The highest BCUT2D eigenvalue weighted by Crippen LogP contribution is 2.16. The monoisotopic (exact) mass is 253 g/mol. The molecule has 0 aliphatic carbocycles. The van der Waals surface area contributed by atoms with Crippen molar-refractivity contribution >= 4 is 5.78 Å². The van der Waals surface area contributed by atoms with E-state index in [-0.39, 0.29) is 23.8 Å². The molecule has 0 aromatic heterocycles. The van der Waals surface area contributed by atoms with Gasteiger partial charge in [0.2, 0.25) is 0 Å². The van der Waals surface area contributed by atoms with Gasteiger partial charge in [0.25, 0.3) is 0 Å². The topological polar surface area (TPSA) is 29.1 Å². The van der Waals surface area contributed by atoms with Crippen LogP contribution in [0.4, 0.5) is 8.78 Å². The fraction of sp³-hybridized carbons (Fsp3) is 0.500. The first-order valence-electron chi connectivity index (χ1n) is 6.38. The minimum absolute atomic E-state index is 0.0858. The van der Waals surface area contributed by atoms with E-state index >= 15 is 0 Å². The zero-order valence-electron chi connectivity index (χ0n) is 10.2. The third-order valence-electron chi connectivity index (χ3n) is 3.32. The second-order valence-corrected chi connectivity index (χ2v) is 4.75. The van der Waals surface area contributed by atoms with Crippen LogP contribution in [0.25, 0.3) is 0 Å². The molecule has 1 atom stereocenters. The van der Waals surface area contributed by atoms with Gasteiger partial charge in [0, 0.05) is 12.5 Å². The van der Waals surface area contributed by atoms with Gasteiger partial charge in [0.05, 0.1) is 5.56 Å². The number of carbonyl (C=O) groups is 1. The third-order valence-corrected chi connectivity index (χ3v) is 3.32. The second kappa shape index (κ2) is 6.05. The lowest BCUT2D eigenvalue weighted by Gasteiger charge is -2.14. The van der Waals surface area contributed by atoms with Crippen molar-refractivity contribution < 1.29 is 13.6 Å². The highest BCUT2D eigenvalue weighted by atomic mass is 19.1. The van der Waals surface area contributed by atoms with Crippen LogP contribution in [0.5, 0.6) is 0 Å². The van der Waals surface area contributed by atoms with E-state index in [4.69, 9.17) is 0 Å². The zero-order chi connectivity index (χ0) is 13.0. The molecule has 18 heavy (non-hydrogen) atoms. The fourth-order valence-corrected chi connectivity index (χ4v) is 2.32. The van der Waals surface area contributed by atoms with Crippen molar-refractivity contribution in [2.24, 2.45) is 0 Å². The largest absolute Gasteiger partial charge is 0.314 e. The van der Waals surface area contributed by atoms with Crippen molar-refractivity contribution in [3.63, 3.8) is 0 Å². The number of carbonyl (C=O) groups excluding carboxylic acids is 1. The van der Waals surface area contributed by atoms with Gasteiger partial charge >= 0.3 is 0 Å². The number of Topliss-reactive ketones (excluding diaryl/α,β-unsaturated/α-hetero) is 1. The van der Waals surface area contributed by atoms with Crippen molar-refractivity contribution in [3.8, 4) is 0 Å². The number of benzene rings is 1. The van der Waals surface area contributed by atoms with Crippen molar-refractivity contribution in [2.75, 3.05) is 6.54 Å². The van der Waals surface area contributed by atoms with Gasteiger partial charge in [-0.15, -0.1) is 0 Å². The van der Waals surface area contributed by atoms with E-state index in [1.54, 1.807) is 0 Å². The Morgan fingerprint density at radius 2 is 2.11 bits per heavy atom. The summed E-state index contributed by atoms with van der Waals surface area (Å²) in [6.07, 6.45) is 4.50. The van der Waals surface area contributed by atoms with Gasteiger partial charge in [0.15, 0.2) is 5.78 Å². The quantitative estimate of drug-likeness (QED) is 0.839. The molecule has 2 nitrogen and oxygen atoms in total. The molecule has 0 saturated carbocycles. The molecular formula is C14H17F2NO. The molecule has 1 aromatic carbocycles. The summed E-state index contributed by atoms with van der Waals surface area (Å²) in [4.78, 5) is 12.0. The minimum atomic E-state index is -0.643. The first-order chi connectivity index (χ1) is 8.66. The molecule has 1 saturated heterocycles. The van der Waals surface area contributed by atoms with Crippen molar-refractivity contribution in [1.82, 2.24) is 5.32 Å². The number of nitrogens with one attached hydrogen (secondary N) is 1. The van der Waals surface area contributed by atoms with Gasteiger partial charge in [-0.05, 0) is 37.6 Å². The standard InChI is InChI=1S/C14H17F2NO/c15-10-5-6-13(16)12(8-10)14(18)9-11-4-2-1-3-7-17-11/h5-6,8,11,17H,1-4,7,9H2. The van der Waals surface area contributed by atoms with Crippen molar-refractivity contribution in [2.45, 2.75) is 38.1 Å². The molecule has 0 bridgehead atoms. The lowest BCUT2D eigenvalue weighted by atomic mass is 10.00. The Morgan fingerprint density at radius 3 is 2.94 bits per heavy atom.